The van der Waals surface area contributed by atoms with E-state index >= 15 is 0 Å². The highest BCUT2D eigenvalue weighted by molar-refractivity contribution is 5.73. The molecule has 5 nitrogen and oxygen atoms in total. The summed E-state index contributed by atoms with van der Waals surface area (Å²) in [7, 11) is 0. The zero-order valence-corrected chi connectivity index (χ0v) is 8.18. The molecule has 0 bridgehead atoms. The first-order valence-electron chi connectivity index (χ1n) is 4.84. The third-order valence-corrected chi connectivity index (χ3v) is 2.45. The summed E-state index contributed by atoms with van der Waals surface area (Å²) in [4.78, 5) is 10.6. The normalized spacial score (nSPS) is 25.5. The number of allylic oxidation sites excluding steroid dienone is 1. The highest BCUT2D eigenvalue weighted by Crippen LogP contribution is 2.27. The average Bonchev–Trinajstić information content (AvgIpc) is 2.64. The first-order valence-corrected chi connectivity index (χ1v) is 4.84. The SMILES string of the molecule is N[C@@H](CC1=COC2CCOC2=C1)C(=O)O. The van der Waals surface area contributed by atoms with E-state index in [0.29, 0.717) is 6.61 Å². The van der Waals surface area contributed by atoms with Crippen LogP contribution in [0.4, 0.5) is 0 Å². The Hall–Kier alpha value is -1.49. The van der Waals surface area contributed by atoms with E-state index in [0.717, 1.165) is 17.8 Å². The van der Waals surface area contributed by atoms with E-state index in [-0.39, 0.29) is 12.5 Å². The number of carboxylic acids is 1. The van der Waals surface area contributed by atoms with Crippen LogP contribution in [0.15, 0.2) is 23.7 Å². The molecule has 5 heteroatoms. The fourth-order valence-electron chi connectivity index (χ4n) is 1.62. The molecule has 0 aliphatic carbocycles. The van der Waals surface area contributed by atoms with Crippen LogP contribution in [0.3, 0.4) is 0 Å². The van der Waals surface area contributed by atoms with Crippen molar-refractivity contribution in [2.75, 3.05) is 6.61 Å². The van der Waals surface area contributed by atoms with Gasteiger partial charge in [-0.2, -0.15) is 0 Å². The molecule has 2 aliphatic heterocycles. The van der Waals surface area contributed by atoms with Gasteiger partial charge >= 0.3 is 5.97 Å². The van der Waals surface area contributed by atoms with Crippen LogP contribution in [-0.4, -0.2) is 29.8 Å². The summed E-state index contributed by atoms with van der Waals surface area (Å²) in [6.07, 6.45) is 4.51. The van der Waals surface area contributed by atoms with Crippen molar-refractivity contribution < 1.29 is 19.4 Å². The number of aliphatic carboxylic acids is 1. The van der Waals surface area contributed by atoms with Gasteiger partial charge < -0.3 is 20.3 Å². The Kier molecular flexibility index (Phi) is 2.64. The number of ether oxygens (including phenoxy) is 2. The van der Waals surface area contributed by atoms with Crippen LogP contribution in [-0.2, 0) is 14.3 Å². The van der Waals surface area contributed by atoms with Crippen molar-refractivity contribution in [3.63, 3.8) is 0 Å². The Morgan fingerprint density at radius 2 is 2.53 bits per heavy atom. The third-order valence-electron chi connectivity index (χ3n) is 2.45. The number of hydrogen-bond donors (Lipinski definition) is 2. The van der Waals surface area contributed by atoms with Crippen LogP contribution in [0.2, 0.25) is 0 Å². The van der Waals surface area contributed by atoms with E-state index in [1.807, 2.05) is 6.08 Å². The van der Waals surface area contributed by atoms with E-state index < -0.39 is 12.0 Å². The summed E-state index contributed by atoms with van der Waals surface area (Å²) in [6.45, 7) is 0.655. The van der Waals surface area contributed by atoms with Crippen LogP contribution in [0.1, 0.15) is 12.8 Å². The molecule has 0 spiro atoms. The molecule has 0 aromatic carbocycles. The molecule has 1 fully saturated rings. The number of rotatable bonds is 3. The fourth-order valence-corrected chi connectivity index (χ4v) is 1.62. The molecule has 0 radical (unpaired) electrons. The lowest BCUT2D eigenvalue weighted by Crippen LogP contribution is -2.30. The predicted molar refractivity (Wildman–Crippen MR) is 51.8 cm³/mol. The minimum absolute atomic E-state index is 0.00908. The van der Waals surface area contributed by atoms with Crippen molar-refractivity contribution in [1.29, 1.82) is 0 Å². The molecule has 1 saturated heterocycles. The zero-order valence-electron chi connectivity index (χ0n) is 8.18. The van der Waals surface area contributed by atoms with E-state index in [2.05, 4.69) is 0 Å². The van der Waals surface area contributed by atoms with Gasteiger partial charge in [-0.05, 0) is 11.6 Å². The predicted octanol–water partition coefficient (Wildman–Crippen LogP) is 0.375. The summed E-state index contributed by atoms with van der Waals surface area (Å²) in [5.41, 5.74) is 6.18. The summed E-state index contributed by atoms with van der Waals surface area (Å²) in [5, 5.41) is 8.66. The number of fused-ring (bicyclic) bond motifs is 1. The van der Waals surface area contributed by atoms with Crippen molar-refractivity contribution >= 4 is 5.97 Å². The molecule has 1 unspecified atom stereocenters. The molecule has 2 aliphatic rings. The first-order chi connectivity index (χ1) is 7.16. The highest BCUT2D eigenvalue weighted by atomic mass is 16.5. The Balaban J connectivity index is 2.00. The molecule has 0 aromatic rings. The molecule has 2 heterocycles. The lowest BCUT2D eigenvalue weighted by molar-refractivity contribution is -0.138. The minimum Gasteiger partial charge on any atom is -0.494 e. The topological polar surface area (TPSA) is 81.8 Å². The third kappa shape index (κ3) is 2.12. The maximum atomic E-state index is 10.6. The van der Waals surface area contributed by atoms with Crippen molar-refractivity contribution in [3.05, 3.63) is 23.7 Å². The quantitative estimate of drug-likeness (QED) is 0.705. The van der Waals surface area contributed by atoms with Crippen LogP contribution in [0.5, 0.6) is 0 Å². The van der Waals surface area contributed by atoms with Crippen LogP contribution < -0.4 is 5.73 Å². The molecular formula is C10H13NO4. The van der Waals surface area contributed by atoms with Gasteiger partial charge in [0.1, 0.15) is 11.8 Å². The molecular weight excluding hydrogens is 198 g/mol. The van der Waals surface area contributed by atoms with Gasteiger partial charge in [-0.3, -0.25) is 4.79 Å². The lowest BCUT2D eigenvalue weighted by atomic mass is 10.0. The van der Waals surface area contributed by atoms with Crippen molar-refractivity contribution in [2.24, 2.45) is 5.73 Å². The van der Waals surface area contributed by atoms with Gasteiger partial charge in [0.25, 0.3) is 0 Å². The Labute approximate surface area is 87.2 Å². The van der Waals surface area contributed by atoms with Gasteiger partial charge in [0.15, 0.2) is 6.10 Å². The van der Waals surface area contributed by atoms with Crippen LogP contribution in [0.25, 0.3) is 0 Å². The lowest BCUT2D eigenvalue weighted by Gasteiger charge is -2.17. The van der Waals surface area contributed by atoms with E-state index in [1.165, 1.54) is 0 Å². The Morgan fingerprint density at radius 3 is 3.27 bits per heavy atom. The molecule has 15 heavy (non-hydrogen) atoms. The van der Waals surface area contributed by atoms with E-state index in [9.17, 15) is 4.79 Å². The summed E-state index contributed by atoms with van der Waals surface area (Å²) in [6, 6.07) is -0.894. The smallest absolute Gasteiger partial charge is 0.320 e. The molecule has 0 aromatic heterocycles. The van der Waals surface area contributed by atoms with Gasteiger partial charge in [-0.25, -0.2) is 0 Å². The zero-order chi connectivity index (χ0) is 10.8. The Morgan fingerprint density at radius 1 is 1.73 bits per heavy atom. The number of nitrogens with two attached hydrogens (primary N) is 1. The maximum Gasteiger partial charge on any atom is 0.320 e. The van der Waals surface area contributed by atoms with Gasteiger partial charge in [-0.1, -0.05) is 0 Å². The van der Waals surface area contributed by atoms with Crippen molar-refractivity contribution in [1.82, 2.24) is 0 Å². The monoisotopic (exact) mass is 211 g/mol. The fraction of sp³-hybridized carbons (Fsp3) is 0.500. The minimum atomic E-state index is -1.01. The highest BCUT2D eigenvalue weighted by Gasteiger charge is 2.27. The number of hydrogen-bond acceptors (Lipinski definition) is 4. The molecule has 0 amide bonds. The Bertz CT molecular complexity index is 334. The molecule has 2 atom stereocenters. The van der Waals surface area contributed by atoms with Crippen LogP contribution in [0, 0.1) is 0 Å². The number of carbonyl (C=O) groups is 1. The van der Waals surface area contributed by atoms with Gasteiger partial charge in [0.05, 0.1) is 12.9 Å². The summed E-state index contributed by atoms with van der Waals surface area (Å²) < 4.78 is 10.7. The van der Waals surface area contributed by atoms with Crippen molar-refractivity contribution in [2.45, 2.75) is 25.0 Å². The average molecular weight is 211 g/mol. The van der Waals surface area contributed by atoms with Crippen molar-refractivity contribution in [3.8, 4) is 0 Å². The maximum absolute atomic E-state index is 10.6. The molecule has 82 valence electrons. The molecule has 2 rings (SSSR count). The molecule has 0 saturated carbocycles. The number of carboxylic acid groups (broad SMARTS) is 1. The van der Waals surface area contributed by atoms with E-state index in [1.54, 1.807) is 6.26 Å². The molecule has 3 N–H and O–H groups in total. The largest absolute Gasteiger partial charge is 0.494 e. The summed E-state index contributed by atoms with van der Waals surface area (Å²) in [5.74, 6) is -0.228. The standard InChI is InChI=1S/C10H13NO4/c11-7(10(12)13)3-6-4-9-8(15-5-6)1-2-14-9/h4-5,7-8H,1-3,11H2,(H,12,13)/t7-,8?/m0/s1. The summed E-state index contributed by atoms with van der Waals surface area (Å²) >= 11 is 0. The van der Waals surface area contributed by atoms with E-state index in [4.69, 9.17) is 20.3 Å². The van der Waals surface area contributed by atoms with Gasteiger partial charge in [-0.15, -0.1) is 0 Å². The second-order valence-corrected chi connectivity index (χ2v) is 3.65. The first kappa shape index (κ1) is 10.0. The van der Waals surface area contributed by atoms with Crippen LogP contribution >= 0.6 is 0 Å². The van der Waals surface area contributed by atoms with Gasteiger partial charge in [0.2, 0.25) is 0 Å². The van der Waals surface area contributed by atoms with Gasteiger partial charge in [0, 0.05) is 12.8 Å². The second kappa shape index (κ2) is 3.94. The second-order valence-electron chi connectivity index (χ2n) is 3.65.